The minimum atomic E-state index is -0.313. The number of anilines is 3. The Morgan fingerprint density at radius 1 is 1.10 bits per heavy atom. The van der Waals surface area contributed by atoms with E-state index in [9.17, 15) is 4.39 Å². The highest BCUT2D eigenvalue weighted by Crippen LogP contribution is 2.33. The van der Waals surface area contributed by atoms with Gasteiger partial charge in [-0.25, -0.2) is 4.39 Å². The first kappa shape index (κ1) is 13.4. The van der Waals surface area contributed by atoms with Crippen molar-refractivity contribution < 1.29 is 4.39 Å². The number of hydrogen-bond donors (Lipinski definition) is 2. The topological polar surface area (TPSA) is 38.0 Å². The van der Waals surface area contributed by atoms with Crippen LogP contribution in [0.5, 0.6) is 0 Å². The summed E-state index contributed by atoms with van der Waals surface area (Å²) in [6.45, 7) is 0. The Morgan fingerprint density at radius 3 is 2.75 bits per heavy atom. The number of nitrogen functional groups attached to an aromatic ring is 1. The van der Waals surface area contributed by atoms with E-state index in [-0.39, 0.29) is 5.82 Å². The summed E-state index contributed by atoms with van der Waals surface area (Å²) in [5.41, 5.74) is 10.9. The van der Waals surface area contributed by atoms with Gasteiger partial charge < -0.3 is 11.1 Å². The van der Waals surface area contributed by atoms with Gasteiger partial charge in [0.05, 0.1) is 15.8 Å². The highest BCUT2D eigenvalue weighted by Gasteiger charge is 2.14. The van der Waals surface area contributed by atoms with Crippen LogP contribution in [-0.4, -0.2) is 0 Å². The fraction of sp³-hybridized carbons (Fsp3) is 0.250. The molecule has 20 heavy (non-hydrogen) atoms. The normalized spacial score (nSPS) is 13.9. The summed E-state index contributed by atoms with van der Waals surface area (Å²) in [6.07, 6.45) is 4.63. The molecule has 0 atom stereocenters. The highest BCUT2D eigenvalue weighted by molar-refractivity contribution is 9.10. The Labute approximate surface area is 126 Å². The van der Waals surface area contributed by atoms with Gasteiger partial charge in [-0.1, -0.05) is 12.1 Å². The molecule has 2 aromatic carbocycles. The third kappa shape index (κ3) is 2.52. The predicted octanol–water partition coefficient (Wildman–Crippen LogP) is 4.79. The van der Waals surface area contributed by atoms with Crippen LogP contribution in [0.15, 0.2) is 34.8 Å². The van der Waals surface area contributed by atoms with Crippen LogP contribution in [0, 0.1) is 5.82 Å². The Balaban J connectivity index is 1.98. The molecule has 2 nitrogen and oxygen atoms in total. The minimum absolute atomic E-state index is 0.313. The summed E-state index contributed by atoms with van der Waals surface area (Å²) >= 11 is 3.14. The van der Waals surface area contributed by atoms with E-state index < -0.39 is 0 Å². The lowest BCUT2D eigenvalue weighted by atomic mass is 9.90. The van der Waals surface area contributed by atoms with Gasteiger partial charge in [0, 0.05) is 11.8 Å². The van der Waals surface area contributed by atoms with Crippen LogP contribution in [0.4, 0.5) is 21.5 Å². The second-order valence-electron chi connectivity index (χ2n) is 5.13. The van der Waals surface area contributed by atoms with Crippen molar-refractivity contribution >= 4 is 33.0 Å². The van der Waals surface area contributed by atoms with Crippen LogP contribution in [0.3, 0.4) is 0 Å². The fourth-order valence-corrected chi connectivity index (χ4v) is 3.08. The van der Waals surface area contributed by atoms with Crippen LogP contribution in [0.25, 0.3) is 0 Å². The number of aryl methyl sites for hydroxylation is 1. The van der Waals surface area contributed by atoms with Gasteiger partial charge >= 0.3 is 0 Å². The maximum atomic E-state index is 13.7. The third-order valence-corrected chi connectivity index (χ3v) is 4.37. The van der Waals surface area contributed by atoms with Crippen LogP contribution in [0.1, 0.15) is 24.0 Å². The average molecular weight is 335 g/mol. The Kier molecular flexibility index (Phi) is 3.66. The number of rotatable bonds is 2. The predicted molar refractivity (Wildman–Crippen MR) is 84.9 cm³/mol. The van der Waals surface area contributed by atoms with Gasteiger partial charge in [0.2, 0.25) is 0 Å². The molecule has 3 N–H and O–H groups in total. The largest absolute Gasteiger partial charge is 0.397 e. The Hall–Kier alpha value is -1.55. The molecule has 0 heterocycles. The molecule has 0 saturated heterocycles. The Bertz CT molecular complexity index is 655. The molecule has 0 unspecified atom stereocenters. The molecular formula is C16H16BrFN2. The third-order valence-electron chi connectivity index (χ3n) is 3.76. The standard InChI is InChI=1S/C16H16BrFN2/c17-12-8-14(19)16(9-13(12)18)20-15-7-3-5-10-4-1-2-6-11(10)15/h3,5,7-9,20H,1-2,4,6,19H2. The molecular weight excluding hydrogens is 319 g/mol. The van der Waals surface area contributed by atoms with Crippen molar-refractivity contribution in [3.63, 3.8) is 0 Å². The molecule has 0 aromatic heterocycles. The van der Waals surface area contributed by atoms with Crippen molar-refractivity contribution in [2.75, 3.05) is 11.1 Å². The van der Waals surface area contributed by atoms with Gasteiger partial charge in [0.1, 0.15) is 5.82 Å². The van der Waals surface area contributed by atoms with E-state index in [4.69, 9.17) is 5.73 Å². The van der Waals surface area contributed by atoms with Gasteiger partial charge in [-0.2, -0.15) is 0 Å². The van der Waals surface area contributed by atoms with E-state index >= 15 is 0 Å². The SMILES string of the molecule is Nc1cc(Br)c(F)cc1Nc1cccc2c1CCCC2. The smallest absolute Gasteiger partial charge is 0.139 e. The van der Waals surface area contributed by atoms with Crippen molar-refractivity contribution in [1.29, 1.82) is 0 Å². The lowest BCUT2D eigenvalue weighted by molar-refractivity contribution is 0.622. The molecule has 0 radical (unpaired) electrons. The quantitative estimate of drug-likeness (QED) is 0.774. The van der Waals surface area contributed by atoms with Gasteiger partial charge in [0.15, 0.2) is 0 Å². The molecule has 1 aliphatic rings. The summed E-state index contributed by atoms with van der Waals surface area (Å²) in [5.74, 6) is -0.313. The van der Waals surface area contributed by atoms with E-state index in [1.807, 2.05) is 12.1 Å². The van der Waals surface area contributed by atoms with Crippen molar-refractivity contribution in [2.24, 2.45) is 0 Å². The highest BCUT2D eigenvalue weighted by atomic mass is 79.9. The van der Waals surface area contributed by atoms with E-state index in [0.717, 1.165) is 18.5 Å². The van der Waals surface area contributed by atoms with Crippen molar-refractivity contribution in [1.82, 2.24) is 0 Å². The number of fused-ring (bicyclic) bond motifs is 1. The van der Waals surface area contributed by atoms with Crippen LogP contribution in [-0.2, 0) is 12.8 Å². The molecule has 0 fully saturated rings. The number of benzene rings is 2. The summed E-state index contributed by atoms with van der Waals surface area (Å²) < 4.78 is 14.0. The van der Waals surface area contributed by atoms with Gasteiger partial charge in [0.25, 0.3) is 0 Å². The second kappa shape index (κ2) is 5.44. The minimum Gasteiger partial charge on any atom is -0.397 e. The first-order chi connectivity index (χ1) is 9.65. The van der Waals surface area contributed by atoms with E-state index in [1.54, 1.807) is 6.07 Å². The van der Waals surface area contributed by atoms with Crippen LogP contribution in [0.2, 0.25) is 0 Å². The summed E-state index contributed by atoms with van der Waals surface area (Å²) in [6, 6.07) is 9.27. The molecule has 1 aliphatic carbocycles. The molecule has 0 saturated carbocycles. The van der Waals surface area contributed by atoms with Crippen molar-refractivity contribution in [3.05, 3.63) is 51.7 Å². The van der Waals surface area contributed by atoms with E-state index in [1.165, 1.54) is 30.0 Å². The first-order valence-electron chi connectivity index (χ1n) is 6.77. The zero-order valence-electron chi connectivity index (χ0n) is 11.0. The second-order valence-corrected chi connectivity index (χ2v) is 5.98. The number of nitrogens with two attached hydrogens (primary N) is 1. The maximum absolute atomic E-state index is 13.7. The zero-order chi connectivity index (χ0) is 14.1. The van der Waals surface area contributed by atoms with Crippen LogP contribution < -0.4 is 11.1 Å². The molecule has 4 heteroatoms. The maximum Gasteiger partial charge on any atom is 0.139 e. The van der Waals surface area contributed by atoms with E-state index in [0.29, 0.717) is 15.8 Å². The summed E-state index contributed by atoms with van der Waals surface area (Å²) in [4.78, 5) is 0. The van der Waals surface area contributed by atoms with Crippen molar-refractivity contribution in [3.8, 4) is 0 Å². The average Bonchev–Trinajstić information content (AvgIpc) is 2.45. The molecule has 3 rings (SSSR count). The zero-order valence-corrected chi connectivity index (χ0v) is 12.6. The van der Waals surface area contributed by atoms with Gasteiger partial charge in [-0.15, -0.1) is 0 Å². The number of halogens is 2. The molecule has 104 valence electrons. The monoisotopic (exact) mass is 334 g/mol. The molecule has 0 aliphatic heterocycles. The number of nitrogens with one attached hydrogen (secondary N) is 1. The number of hydrogen-bond acceptors (Lipinski definition) is 2. The first-order valence-corrected chi connectivity index (χ1v) is 7.57. The summed E-state index contributed by atoms with van der Waals surface area (Å²) in [7, 11) is 0. The summed E-state index contributed by atoms with van der Waals surface area (Å²) in [5, 5.41) is 3.28. The fourth-order valence-electron chi connectivity index (χ4n) is 2.71. The molecule has 2 aromatic rings. The molecule has 0 bridgehead atoms. The van der Waals surface area contributed by atoms with Crippen molar-refractivity contribution in [2.45, 2.75) is 25.7 Å². The lowest BCUT2D eigenvalue weighted by Gasteiger charge is -2.20. The lowest BCUT2D eigenvalue weighted by Crippen LogP contribution is -2.07. The Morgan fingerprint density at radius 2 is 1.90 bits per heavy atom. The van der Waals surface area contributed by atoms with E-state index in [2.05, 4.69) is 27.3 Å². The van der Waals surface area contributed by atoms with Crippen LogP contribution >= 0.6 is 15.9 Å². The van der Waals surface area contributed by atoms with Gasteiger partial charge in [-0.3, -0.25) is 0 Å². The van der Waals surface area contributed by atoms with Gasteiger partial charge in [-0.05, 0) is 64.9 Å². The molecule has 0 amide bonds. The molecule has 0 spiro atoms.